The number of aromatic nitrogens is 2. The molecule has 1 aromatic carbocycles. The van der Waals surface area contributed by atoms with E-state index in [9.17, 15) is 0 Å². The van der Waals surface area contributed by atoms with Crippen LogP contribution in [0.3, 0.4) is 0 Å². The highest BCUT2D eigenvalue weighted by Crippen LogP contribution is 2.13. The molecule has 1 heterocycles. The third-order valence-electron chi connectivity index (χ3n) is 3.85. The van der Waals surface area contributed by atoms with E-state index in [-0.39, 0.29) is 5.92 Å². The summed E-state index contributed by atoms with van der Waals surface area (Å²) >= 11 is 0. The second-order valence-corrected chi connectivity index (χ2v) is 6.36. The molecule has 0 saturated carbocycles. The van der Waals surface area contributed by atoms with E-state index in [1.54, 1.807) is 7.05 Å². The fourth-order valence-corrected chi connectivity index (χ4v) is 2.48. The van der Waals surface area contributed by atoms with Gasteiger partial charge in [-0.3, -0.25) is 4.99 Å². The highest BCUT2D eigenvalue weighted by Gasteiger charge is 2.11. The lowest BCUT2D eigenvalue weighted by Crippen LogP contribution is -2.39. The molecule has 0 aliphatic heterocycles. The van der Waals surface area contributed by atoms with E-state index in [0.717, 1.165) is 24.1 Å². The summed E-state index contributed by atoms with van der Waals surface area (Å²) in [6, 6.07) is 8.12. The molecular formula is C19H29N5O2. The van der Waals surface area contributed by atoms with Crippen LogP contribution in [0, 0.1) is 0 Å². The predicted octanol–water partition coefficient (Wildman–Crippen LogP) is 2.84. The molecule has 0 fully saturated rings. The van der Waals surface area contributed by atoms with Gasteiger partial charge in [-0.15, -0.1) is 0 Å². The van der Waals surface area contributed by atoms with Gasteiger partial charge in [0.15, 0.2) is 11.8 Å². The van der Waals surface area contributed by atoms with Crippen molar-refractivity contribution >= 4 is 5.96 Å². The molecule has 0 aliphatic carbocycles. The van der Waals surface area contributed by atoms with Gasteiger partial charge in [0.2, 0.25) is 5.89 Å². The van der Waals surface area contributed by atoms with Gasteiger partial charge in [0.05, 0.1) is 6.61 Å². The van der Waals surface area contributed by atoms with Crippen LogP contribution >= 0.6 is 0 Å². The molecule has 0 atom stereocenters. The molecule has 0 amide bonds. The fraction of sp³-hybridized carbons (Fsp3) is 0.526. The van der Waals surface area contributed by atoms with Crippen LogP contribution in [-0.4, -0.2) is 48.2 Å². The topological polar surface area (TPSA) is 75.8 Å². The van der Waals surface area contributed by atoms with Gasteiger partial charge >= 0.3 is 0 Å². The van der Waals surface area contributed by atoms with E-state index >= 15 is 0 Å². The lowest BCUT2D eigenvalue weighted by molar-refractivity contribution is 0.340. The summed E-state index contributed by atoms with van der Waals surface area (Å²) in [4.78, 5) is 10.8. The molecule has 2 aromatic rings. The first-order valence-electron chi connectivity index (χ1n) is 8.99. The van der Waals surface area contributed by atoms with Gasteiger partial charge in [0.1, 0.15) is 5.75 Å². The number of benzene rings is 1. The molecular weight excluding hydrogens is 330 g/mol. The first-order chi connectivity index (χ1) is 12.5. The van der Waals surface area contributed by atoms with Crippen LogP contribution in [0.5, 0.6) is 5.75 Å². The number of hydrogen-bond acceptors (Lipinski definition) is 5. The van der Waals surface area contributed by atoms with Crippen molar-refractivity contribution in [3.63, 3.8) is 0 Å². The Labute approximate surface area is 155 Å². The molecule has 7 nitrogen and oxygen atoms in total. The van der Waals surface area contributed by atoms with Crippen molar-refractivity contribution in [3.05, 3.63) is 41.5 Å². The van der Waals surface area contributed by atoms with Crippen molar-refractivity contribution in [2.45, 2.75) is 39.7 Å². The average molecular weight is 359 g/mol. The molecule has 0 radical (unpaired) electrons. The Morgan fingerprint density at radius 3 is 2.62 bits per heavy atom. The van der Waals surface area contributed by atoms with E-state index in [4.69, 9.17) is 9.26 Å². The summed E-state index contributed by atoms with van der Waals surface area (Å²) in [6.45, 7) is 8.18. The second-order valence-electron chi connectivity index (χ2n) is 6.36. The molecule has 26 heavy (non-hydrogen) atoms. The van der Waals surface area contributed by atoms with Gasteiger partial charge in [0.25, 0.3) is 0 Å². The van der Waals surface area contributed by atoms with Crippen LogP contribution in [-0.2, 0) is 13.0 Å². The molecule has 0 spiro atoms. The number of guanidine groups is 1. The molecule has 2 rings (SSSR count). The number of hydrogen-bond donors (Lipinski definition) is 1. The summed E-state index contributed by atoms with van der Waals surface area (Å²) in [5.41, 5.74) is 1.19. The normalized spacial score (nSPS) is 11.7. The van der Waals surface area contributed by atoms with Crippen molar-refractivity contribution < 1.29 is 9.26 Å². The summed E-state index contributed by atoms with van der Waals surface area (Å²) in [5, 5.41) is 7.31. The van der Waals surface area contributed by atoms with Gasteiger partial charge in [0, 0.05) is 39.5 Å². The Morgan fingerprint density at radius 2 is 2.04 bits per heavy atom. The highest BCUT2D eigenvalue weighted by atomic mass is 16.5. The van der Waals surface area contributed by atoms with Gasteiger partial charge in [-0.25, -0.2) is 0 Å². The third-order valence-corrected chi connectivity index (χ3v) is 3.85. The van der Waals surface area contributed by atoms with Crippen molar-refractivity contribution in [1.82, 2.24) is 20.4 Å². The zero-order chi connectivity index (χ0) is 18.9. The smallest absolute Gasteiger partial charge is 0.228 e. The van der Waals surface area contributed by atoms with Gasteiger partial charge in [-0.05, 0) is 24.6 Å². The van der Waals surface area contributed by atoms with Crippen LogP contribution in [0.25, 0.3) is 0 Å². The largest absolute Gasteiger partial charge is 0.494 e. The van der Waals surface area contributed by atoms with Gasteiger partial charge in [-0.1, -0.05) is 31.1 Å². The monoisotopic (exact) mass is 359 g/mol. The first kappa shape index (κ1) is 19.8. The second kappa shape index (κ2) is 9.79. The third kappa shape index (κ3) is 5.75. The van der Waals surface area contributed by atoms with E-state index < -0.39 is 0 Å². The Balaban J connectivity index is 1.83. The number of ether oxygens (including phenoxy) is 1. The molecule has 0 aliphatic rings. The van der Waals surface area contributed by atoms with Crippen molar-refractivity contribution in [1.29, 1.82) is 0 Å². The minimum Gasteiger partial charge on any atom is -0.494 e. The van der Waals surface area contributed by atoms with E-state index in [1.807, 2.05) is 40.0 Å². The van der Waals surface area contributed by atoms with Crippen LogP contribution in [0.4, 0.5) is 0 Å². The number of rotatable bonds is 8. The standard InChI is InChI=1S/C19H29N5O2/c1-6-25-16-9-7-15(8-10-16)13-24(5)19(20-4)21-12-11-17-22-18(14(2)3)23-26-17/h7-10,14H,6,11-13H2,1-5H3,(H,20,21). The predicted molar refractivity (Wildman–Crippen MR) is 103 cm³/mol. The average Bonchev–Trinajstić information content (AvgIpc) is 3.10. The first-order valence-corrected chi connectivity index (χ1v) is 8.99. The Bertz CT molecular complexity index is 694. The maximum absolute atomic E-state index is 5.48. The van der Waals surface area contributed by atoms with Crippen molar-refractivity contribution in [2.24, 2.45) is 4.99 Å². The lowest BCUT2D eigenvalue weighted by atomic mass is 10.2. The lowest BCUT2D eigenvalue weighted by Gasteiger charge is -2.22. The maximum Gasteiger partial charge on any atom is 0.228 e. The Kier molecular flexibility index (Phi) is 7.44. The van der Waals surface area contributed by atoms with E-state index in [1.165, 1.54) is 5.56 Å². The zero-order valence-electron chi connectivity index (χ0n) is 16.3. The van der Waals surface area contributed by atoms with Crippen LogP contribution < -0.4 is 10.1 Å². The van der Waals surface area contributed by atoms with Crippen LogP contribution in [0.1, 0.15) is 44.0 Å². The zero-order valence-corrected chi connectivity index (χ0v) is 16.3. The van der Waals surface area contributed by atoms with Gasteiger partial charge < -0.3 is 19.5 Å². The number of nitrogens with zero attached hydrogens (tertiary/aromatic N) is 4. The maximum atomic E-state index is 5.48. The van der Waals surface area contributed by atoms with Crippen LogP contribution in [0.15, 0.2) is 33.8 Å². The van der Waals surface area contributed by atoms with Crippen LogP contribution in [0.2, 0.25) is 0 Å². The minimum atomic E-state index is 0.272. The van der Waals surface area contributed by atoms with E-state index in [0.29, 0.717) is 25.5 Å². The summed E-state index contributed by atoms with van der Waals surface area (Å²) in [6.07, 6.45) is 0.662. The Hall–Kier alpha value is -2.57. The van der Waals surface area contributed by atoms with Crippen molar-refractivity contribution in [2.75, 3.05) is 27.2 Å². The summed E-state index contributed by atoms with van der Waals surface area (Å²) in [5.74, 6) is 3.38. The number of aliphatic imine (C=N–C) groups is 1. The molecule has 142 valence electrons. The highest BCUT2D eigenvalue weighted by molar-refractivity contribution is 5.79. The fourth-order valence-electron chi connectivity index (χ4n) is 2.48. The van der Waals surface area contributed by atoms with Crippen molar-refractivity contribution in [3.8, 4) is 5.75 Å². The number of nitrogens with one attached hydrogen (secondary N) is 1. The van der Waals surface area contributed by atoms with E-state index in [2.05, 4.69) is 37.5 Å². The Morgan fingerprint density at radius 1 is 1.31 bits per heavy atom. The molecule has 1 aromatic heterocycles. The quantitative estimate of drug-likeness (QED) is 0.577. The molecule has 1 N–H and O–H groups in total. The molecule has 0 unspecified atom stereocenters. The molecule has 0 bridgehead atoms. The summed E-state index contributed by atoms with van der Waals surface area (Å²) < 4.78 is 10.7. The minimum absolute atomic E-state index is 0.272. The molecule has 0 saturated heterocycles. The summed E-state index contributed by atoms with van der Waals surface area (Å²) in [7, 11) is 3.79. The van der Waals surface area contributed by atoms with Gasteiger partial charge in [-0.2, -0.15) is 4.98 Å². The molecule has 7 heteroatoms. The SMILES string of the molecule is CCOc1ccc(CN(C)C(=NC)NCCc2nc(C(C)C)no2)cc1.